The summed E-state index contributed by atoms with van der Waals surface area (Å²) in [5.74, 6) is -0.235. The van der Waals surface area contributed by atoms with Gasteiger partial charge >= 0.3 is 0 Å². The molecule has 2 aromatic rings. The van der Waals surface area contributed by atoms with E-state index in [9.17, 15) is 4.39 Å². The van der Waals surface area contributed by atoms with E-state index in [4.69, 9.17) is 11.6 Å². The smallest absolute Gasteiger partial charge is 0.125 e. The Morgan fingerprint density at radius 3 is 2.57 bits per heavy atom. The first-order chi connectivity index (χ1) is 10.2. The van der Waals surface area contributed by atoms with Crippen molar-refractivity contribution in [2.75, 3.05) is 18.0 Å². The molecule has 0 saturated heterocycles. The molecule has 0 saturated carbocycles. The van der Waals surface area contributed by atoms with Crippen molar-refractivity contribution in [3.8, 4) is 0 Å². The molecule has 0 amide bonds. The minimum atomic E-state index is -0.235. The van der Waals surface area contributed by atoms with Gasteiger partial charge in [-0.05, 0) is 43.8 Å². The molecular formula is C17H20ClFN2. The van der Waals surface area contributed by atoms with Gasteiger partial charge < -0.3 is 10.2 Å². The molecule has 0 aliphatic carbocycles. The predicted molar refractivity (Wildman–Crippen MR) is 87.9 cm³/mol. The van der Waals surface area contributed by atoms with Crippen LogP contribution in [-0.2, 0) is 6.54 Å². The van der Waals surface area contributed by atoms with Gasteiger partial charge in [-0.3, -0.25) is 0 Å². The van der Waals surface area contributed by atoms with Crippen LogP contribution in [0.3, 0.4) is 0 Å². The third-order valence-electron chi connectivity index (χ3n) is 3.37. The van der Waals surface area contributed by atoms with Crippen LogP contribution in [0.25, 0.3) is 0 Å². The van der Waals surface area contributed by atoms with Crippen LogP contribution in [0, 0.1) is 5.82 Å². The summed E-state index contributed by atoms with van der Waals surface area (Å²) in [4.78, 5) is 2.07. The van der Waals surface area contributed by atoms with Crippen molar-refractivity contribution in [1.82, 2.24) is 5.32 Å². The number of nitrogens with zero attached hydrogens (tertiary/aromatic N) is 1. The molecule has 112 valence electrons. The number of halogens is 2. The Kier molecular flexibility index (Phi) is 5.59. The van der Waals surface area contributed by atoms with E-state index in [1.807, 2.05) is 31.2 Å². The number of anilines is 2. The fourth-order valence-corrected chi connectivity index (χ4v) is 2.60. The van der Waals surface area contributed by atoms with E-state index in [1.54, 1.807) is 12.1 Å². The molecular weight excluding hydrogens is 287 g/mol. The molecule has 2 nitrogen and oxygen atoms in total. The van der Waals surface area contributed by atoms with E-state index in [0.717, 1.165) is 35.1 Å². The molecule has 0 aliphatic heterocycles. The monoisotopic (exact) mass is 306 g/mol. The van der Waals surface area contributed by atoms with E-state index >= 15 is 0 Å². The van der Waals surface area contributed by atoms with Crippen LogP contribution in [0.5, 0.6) is 0 Å². The van der Waals surface area contributed by atoms with Crippen LogP contribution < -0.4 is 10.2 Å². The quantitative estimate of drug-likeness (QED) is 0.828. The third kappa shape index (κ3) is 3.74. The number of rotatable bonds is 6. The molecule has 0 aliphatic rings. The lowest BCUT2D eigenvalue weighted by molar-refractivity contribution is 0.627. The van der Waals surface area contributed by atoms with Gasteiger partial charge in [-0.1, -0.05) is 30.7 Å². The molecule has 0 spiro atoms. The van der Waals surface area contributed by atoms with Gasteiger partial charge in [-0.2, -0.15) is 0 Å². The number of nitrogens with one attached hydrogen (secondary N) is 1. The number of benzene rings is 2. The molecule has 4 heteroatoms. The highest BCUT2D eigenvalue weighted by molar-refractivity contribution is 6.31. The van der Waals surface area contributed by atoms with Crippen molar-refractivity contribution in [2.45, 2.75) is 20.4 Å². The van der Waals surface area contributed by atoms with Crippen LogP contribution >= 0.6 is 11.6 Å². The molecule has 0 atom stereocenters. The molecule has 21 heavy (non-hydrogen) atoms. The van der Waals surface area contributed by atoms with Crippen molar-refractivity contribution in [2.24, 2.45) is 0 Å². The molecule has 2 rings (SSSR count). The molecule has 0 heterocycles. The maximum Gasteiger partial charge on any atom is 0.125 e. The Labute approximate surface area is 130 Å². The van der Waals surface area contributed by atoms with Gasteiger partial charge in [-0.25, -0.2) is 4.39 Å². The lowest BCUT2D eigenvalue weighted by Gasteiger charge is -2.26. The van der Waals surface area contributed by atoms with Gasteiger partial charge in [0.15, 0.2) is 0 Å². The fraction of sp³-hybridized carbons (Fsp3) is 0.294. The van der Waals surface area contributed by atoms with E-state index < -0.39 is 0 Å². The van der Waals surface area contributed by atoms with Crippen molar-refractivity contribution >= 4 is 23.0 Å². The van der Waals surface area contributed by atoms with E-state index in [2.05, 4.69) is 17.1 Å². The second-order valence-electron chi connectivity index (χ2n) is 4.74. The molecule has 0 unspecified atom stereocenters. The minimum Gasteiger partial charge on any atom is -0.341 e. The highest BCUT2D eigenvalue weighted by Crippen LogP contribution is 2.32. The maximum absolute atomic E-state index is 13.5. The number of hydrogen-bond donors (Lipinski definition) is 1. The third-order valence-corrected chi connectivity index (χ3v) is 3.73. The topological polar surface area (TPSA) is 15.3 Å². The van der Waals surface area contributed by atoms with Gasteiger partial charge in [0, 0.05) is 35.1 Å². The standard InChI is InChI=1S/C17H20ClFN2/c1-3-20-12-15-16(18)9-6-10-17(15)21(4-2)14-8-5-7-13(19)11-14/h5-11,20H,3-4,12H2,1-2H3. The normalized spacial score (nSPS) is 10.7. The van der Waals surface area contributed by atoms with Gasteiger partial charge in [0.25, 0.3) is 0 Å². The van der Waals surface area contributed by atoms with E-state index in [-0.39, 0.29) is 5.82 Å². The minimum absolute atomic E-state index is 0.235. The summed E-state index contributed by atoms with van der Waals surface area (Å²) in [7, 11) is 0. The number of hydrogen-bond acceptors (Lipinski definition) is 2. The van der Waals surface area contributed by atoms with E-state index in [1.165, 1.54) is 6.07 Å². The summed E-state index contributed by atoms with van der Waals surface area (Å²) in [6, 6.07) is 12.5. The van der Waals surface area contributed by atoms with Crippen LogP contribution in [0.2, 0.25) is 5.02 Å². The zero-order valence-electron chi connectivity index (χ0n) is 12.4. The van der Waals surface area contributed by atoms with Crippen molar-refractivity contribution in [3.63, 3.8) is 0 Å². The summed E-state index contributed by atoms with van der Waals surface area (Å²) < 4.78 is 13.5. The second-order valence-corrected chi connectivity index (χ2v) is 5.15. The SMILES string of the molecule is CCNCc1c(Cl)cccc1N(CC)c1cccc(F)c1. The average molecular weight is 307 g/mol. The molecule has 1 N–H and O–H groups in total. The molecule has 0 fully saturated rings. The van der Waals surface area contributed by atoms with Crippen LogP contribution in [0.1, 0.15) is 19.4 Å². The summed E-state index contributed by atoms with van der Waals surface area (Å²) >= 11 is 6.34. The highest BCUT2D eigenvalue weighted by atomic mass is 35.5. The maximum atomic E-state index is 13.5. The predicted octanol–water partition coefficient (Wildman–Crippen LogP) is 4.75. The summed E-state index contributed by atoms with van der Waals surface area (Å²) in [5, 5.41) is 4.03. The Balaban J connectivity index is 2.44. The average Bonchev–Trinajstić information content (AvgIpc) is 2.47. The molecule has 2 aromatic carbocycles. The first-order valence-corrected chi connectivity index (χ1v) is 7.56. The first-order valence-electron chi connectivity index (χ1n) is 7.18. The Morgan fingerprint density at radius 1 is 1.14 bits per heavy atom. The van der Waals surface area contributed by atoms with Gasteiger partial charge in [-0.15, -0.1) is 0 Å². The van der Waals surface area contributed by atoms with Gasteiger partial charge in [0.1, 0.15) is 5.82 Å². The Bertz CT molecular complexity index is 601. The fourth-order valence-electron chi connectivity index (χ4n) is 2.36. The highest BCUT2D eigenvalue weighted by Gasteiger charge is 2.14. The molecule has 0 bridgehead atoms. The van der Waals surface area contributed by atoms with Gasteiger partial charge in [0.2, 0.25) is 0 Å². The first kappa shape index (κ1) is 15.8. The zero-order valence-corrected chi connectivity index (χ0v) is 13.1. The molecule has 0 aromatic heterocycles. The Hall–Kier alpha value is -1.58. The van der Waals surface area contributed by atoms with Crippen molar-refractivity contribution < 1.29 is 4.39 Å². The van der Waals surface area contributed by atoms with Crippen LogP contribution in [-0.4, -0.2) is 13.1 Å². The summed E-state index contributed by atoms with van der Waals surface area (Å²) in [6.45, 7) is 6.40. The van der Waals surface area contributed by atoms with Crippen LogP contribution in [0.15, 0.2) is 42.5 Å². The van der Waals surface area contributed by atoms with Crippen molar-refractivity contribution in [3.05, 3.63) is 58.9 Å². The molecule has 0 radical (unpaired) electrons. The second kappa shape index (κ2) is 7.43. The van der Waals surface area contributed by atoms with Crippen LogP contribution in [0.4, 0.5) is 15.8 Å². The van der Waals surface area contributed by atoms with Gasteiger partial charge in [0.05, 0.1) is 0 Å². The lowest BCUT2D eigenvalue weighted by Crippen LogP contribution is -2.21. The summed E-state index contributed by atoms with van der Waals surface area (Å²) in [6.07, 6.45) is 0. The van der Waals surface area contributed by atoms with Crippen molar-refractivity contribution in [1.29, 1.82) is 0 Å². The summed E-state index contributed by atoms with van der Waals surface area (Å²) in [5.41, 5.74) is 2.88. The largest absolute Gasteiger partial charge is 0.341 e. The lowest BCUT2D eigenvalue weighted by atomic mass is 10.1. The Morgan fingerprint density at radius 2 is 1.90 bits per heavy atom. The van der Waals surface area contributed by atoms with E-state index in [0.29, 0.717) is 6.54 Å². The zero-order chi connectivity index (χ0) is 15.2.